The number of aliphatic carboxylic acids is 1. The van der Waals surface area contributed by atoms with Gasteiger partial charge < -0.3 is 15.2 Å². The second-order valence-electron chi connectivity index (χ2n) is 4.41. The van der Waals surface area contributed by atoms with E-state index in [4.69, 9.17) is 9.84 Å². The highest BCUT2D eigenvalue weighted by molar-refractivity contribution is 9.10. The van der Waals surface area contributed by atoms with E-state index in [1.807, 2.05) is 5.32 Å². The molecule has 22 heavy (non-hydrogen) atoms. The maximum atomic E-state index is 12.3. The minimum Gasteiger partial charge on any atom is -0.497 e. The highest BCUT2D eigenvalue weighted by Gasteiger charge is 2.36. The first-order chi connectivity index (χ1) is 10.1. The fourth-order valence-electron chi connectivity index (χ4n) is 1.66. The Kier molecular flexibility index (Phi) is 6.21. The molecule has 9 heteroatoms. The van der Waals surface area contributed by atoms with Crippen LogP contribution in [0.4, 0.5) is 13.2 Å². The number of methoxy groups -OCH3 is 1. The summed E-state index contributed by atoms with van der Waals surface area (Å²) in [5.41, 5.74) is 0.466. The highest BCUT2D eigenvalue weighted by atomic mass is 79.9. The molecule has 5 nitrogen and oxygen atoms in total. The third kappa shape index (κ3) is 5.92. The Morgan fingerprint density at radius 2 is 2.05 bits per heavy atom. The number of hydrogen-bond donors (Lipinski definition) is 2. The van der Waals surface area contributed by atoms with Gasteiger partial charge in [-0.15, -0.1) is 0 Å². The minimum atomic E-state index is -4.69. The quantitative estimate of drug-likeness (QED) is 0.791. The molecular formula is C13H13BrF3NO4. The van der Waals surface area contributed by atoms with Crippen molar-refractivity contribution in [2.45, 2.75) is 25.1 Å². The van der Waals surface area contributed by atoms with Crippen LogP contribution in [0.3, 0.4) is 0 Å². The summed E-state index contributed by atoms with van der Waals surface area (Å²) in [6.07, 6.45) is -6.60. The number of rotatable bonds is 6. The highest BCUT2D eigenvalue weighted by Crippen LogP contribution is 2.24. The third-order valence-electron chi connectivity index (χ3n) is 2.67. The molecule has 0 heterocycles. The molecule has 0 aliphatic carbocycles. The van der Waals surface area contributed by atoms with Crippen molar-refractivity contribution in [3.05, 3.63) is 28.2 Å². The maximum Gasteiger partial charge on any atom is 0.391 e. The zero-order chi connectivity index (χ0) is 16.9. The lowest BCUT2D eigenvalue weighted by Gasteiger charge is -2.16. The van der Waals surface area contributed by atoms with Gasteiger partial charge in [0.25, 0.3) is 0 Å². The summed E-state index contributed by atoms with van der Waals surface area (Å²) in [6.45, 7) is 0. The molecule has 1 atom stereocenters. The molecule has 0 saturated heterocycles. The Labute approximate surface area is 132 Å². The van der Waals surface area contributed by atoms with Crippen molar-refractivity contribution in [1.29, 1.82) is 0 Å². The molecular weight excluding hydrogens is 371 g/mol. The Bertz CT molecular complexity index is 563. The van der Waals surface area contributed by atoms with Crippen molar-refractivity contribution < 1.29 is 32.6 Å². The number of carbonyl (C=O) groups excluding carboxylic acids is 1. The van der Waals surface area contributed by atoms with Crippen LogP contribution in [-0.4, -0.2) is 36.3 Å². The first-order valence-corrected chi connectivity index (χ1v) is 6.83. The lowest BCUT2D eigenvalue weighted by molar-refractivity contribution is -0.159. The lowest BCUT2D eigenvalue weighted by Crippen LogP contribution is -2.44. The van der Waals surface area contributed by atoms with Crippen LogP contribution in [0.15, 0.2) is 22.7 Å². The normalized spacial score (nSPS) is 12.6. The molecule has 0 bridgehead atoms. The van der Waals surface area contributed by atoms with Gasteiger partial charge in [-0.05, 0) is 23.8 Å². The minimum absolute atomic E-state index is 0.278. The second kappa shape index (κ2) is 7.48. The monoisotopic (exact) mass is 383 g/mol. The molecule has 2 N–H and O–H groups in total. The van der Waals surface area contributed by atoms with Gasteiger partial charge >= 0.3 is 12.1 Å². The van der Waals surface area contributed by atoms with Crippen molar-refractivity contribution in [3.63, 3.8) is 0 Å². The fraction of sp³-hybridized carbons (Fsp3) is 0.385. The van der Waals surface area contributed by atoms with E-state index >= 15 is 0 Å². The summed E-state index contributed by atoms with van der Waals surface area (Å²) in [6, 6.07) is 2.77. The van der Waals surface area contributed by atoms with Crippen LogP contribution >= 0.6 is 15.9 Å². The van der Waals surface area contributed by atoms with E-state index in [2.05, 4.69) is 15.9 Å². The molecule has 0 saturated carbocycles. The largest absolute Gasteiger partial charge is 0.497 e. The number of carboxylic acids is 1. The Balaban J connectivity index is 2.77. The van der Waals surface area contributed by atoms with Crippen LogP contribution in [0.25, 0.3) is 0 Å². The molecule has 0 aliphatic heterocycles. The molecule has 1 aromatic carbocycles. The van der Waals surface area contributed by atoms with Gasteiger partial charge in [-0.3, -0.25) is 4.79 Å². The van der Waals surface area contributed by atoms with Crippen LogP contribution in [0, 0.1) is 0 Å². The van der Waals surface area contributed by atoms with Crippen molar-refractivity contribution in [2.24, 2.45) is 0 Å². The summed E-state index contributed by atoms with van der Waals surface area (Å²) >= 11 is 3.20. The number of amides is 1. The molecule has 0 fully saturated rings. The lowest BCUT2D eigenvalue weighted by atomic mass is 10.1. The predicted octanol–water partition coefficient (Wildman–Crippen LogP) is 2.52. The number of nitrogens with one attached hydrogen (secondary N) is 1. The summed E-state index contributed by atoms with van der Waals surface area (Å²) < 4.78 is 42.3. The van der Waals surface area contributed by atoms with Gasteiger partial charge in [0.05, 0.1) is 20.0 Å². The smallest absolute Gasteiger partial charge is 0.391 e. The zero-order valence-electron chi connectivity index (χ0n) is 11.4. The molecule has 0 radical (unpaired) electrons. The Morgan fingerprint density at radius 3 is 2.55 bits per heavy atom. The van der Waals surface area contributed by atoms with Gasteiger partial charge in [-0.2, -0.15) is 13.2 Å². The van der Waals surface area contributed by atoms with E-state index in [-0.39, 0.29) is 6.42 Å². The van der Waals surface area contributed by atoms with Gasteiger partial charge in [0, 0.05) is 4.47 Å². The topological polar surface area (TPSA) is 75.6 Å². The average Bonchev–Trinajstić information content (AvgIpc) is 2.38. The van der Waals surface area contributed by atoms with E-state index < -0.39 is 30.5 Å². The Morgan fingerprint density at radius 1 is 1.41 bits per heavy atom. The molecule has 0 aromatic heterocycles. The zero-order valence-corrected chi connectivity index (χ0v) is 13.0. The summed E-state index contributed by atoms with van der Waals surface area (Å²) in [5.74, 6) is -2.10. The summed E-state index contributed by atoms with van der Waals surface area (Å²) in [4.78, 5) is 22.6. The van der Waals surface area contributed by atoms with E-state index in [9.17, 15) is 22.8 Å². The summed E-state index contributed by atoms with van der Waals surface area (Å²) in [5, 5.41) is 10.6. The van der Waals surface area contributed by atoms with Gasteiger partial charge in [0.2, 0.25) is 5.91 Å². The number of halogens is 4. The van der Waals surface area contributed by atoms with Crippen LogP contribution in [0.1, 0.15) is 12.0 Å². The number of ether oxygens (including phenoxy) is 1. The standard InChI is InChI=1S/C13H13BrF3NO4/c1-22-8-2-3-9(14)7(4-8)5-11(19)18-10(12(20)21)6-13(15,16)17/h2-4,10H,5-6H2,1H3,(H,18,19)(H,20,21). The predicted molar refractivity (Wildman–Crippen MR) is 74.6 cm³/mol. The van der Waals surface area contributed by atoms with Crippen LogP contribution in [-0.2, 0) is 16.0 Å². The molecule has 1 aromatic rings. The van der Waals surface area contributed by atoms with Gasteiger partial charge in [-0.1, -0.05) is 15.9 Å². The molecule has 1 amide bonds. The third-order valence-corrected chi connectivity index (χ3v) is 3.45. The van der Waals surface area contributed by atoms with Crippen LogP contribution < -0.4 is 10.1 Å². The molecule has 1 unspecified atom stereocenters. The first-order valence-electron chi connectivity index (χ1n) is 6.03. The molecule has 0 spiro atoms. The SMILES string of the molecule is COc1ccc(Br)c(CC(=O)NC(CC(F)(F)F)C(=O)O)c1. The van der Waals surface area contributed by atoms with E-state index in [0.717, 1.165) is 0 Å². The van der Waals surface area contributed by atoms with E-state index in [0.29, 0.717) is 15.8 Å². The van der Waals surface area contributed by atoms with Crippen LogP contribution in [0.2, 0.25) is 0 Å². The fourth-order valence-corrected chi connectivity index (χ4v) is 2.05. The number of hydrogen-bond acceptors (Lipinski definition) is 3. The Hall–Kier alpha value is -1.77. The number of carbonyl (C=O) groups is 2. The average molecular weight is 384 g/mol. The van der Waals surface area contributed by atoms with Crippen LogP contribution in [0.5, 0.6) is 5.75 Å². The first kappa shape index (κ1) is 18.3. The molecule has 0 aliphatic rings. The van der Waals surface area contributed by atoms with Gasteiger partial charge in [0.15, 0.2) is 0 Å². The number of benzene rings is 1. The van der Waals surface area contributed by atoms with Gasteiger partial charge in [-0.25, -0.2) is 4.79 Å². The van der Waals surface area contributed by atoms with Crippen molar-refractivity contribution in [3.8, 4) is 5.75 Å². The molecule has 122 valence electrons. The van der Waals surface area contributed by atoms with E-state index in [1.165, 1.54) is 13.2 Å². The second-order valence-corrected chi connectivity index (χ2v) is 5.27. The number of carboxylic acid groups (broad SMARTS) is 1. The molecule has 1 rings (SSSR count). The number of alkyl halides is 3. The summed E-state index contributed by atoms with van der Waals surface area (Å²) in [7, 11) is 1.43. The van der Waals surface area contributed by atoms with Crippen molar-refractivity contribution in [1.82, 2.24) is 5.32 Å². The van der Waals surface area contributed by atoms with Gasteiger partial charge in [0.1, 0.15) is 11.8 Å². The van der Waals surface area contributed by atoms with Crippen molar-refractivity contribution in [2.75, 3.05) is 7.11 Å². The van der Waals surface area contributed by atoms with Crippen molar-refractivity contribution >= 4 is 27.8 Å². The van der Waals surface area contributed by atoms with E-state index in [1.54, 1.807) is 12.1 Å². The maximum absolute atomic E-state index is 12.3.